The molecule has 0 aliphatic rings. The highest BCUT2D eigenvalue weighted by Crippen LogP contribution is 2.13. The van der Waals surface area contributed by atoms with Crippen molar-refractivity contribution in [2.45, 2.75) is 13.3 Å². The van der Waals surface area contributed by atoms with Gasteiger partial charge in [-0.15, -0.1) is 0 Å². The van der Waals surface area contributed by atoms with Crippen molar-refractivity contribution >= 4 is 18.0 Å². The van der Waals surface area contributed by atoms with Crippen molar-refractivity contribution in [2.75, 3.05) is 26.8 Å². The van der Waals surface area contributed by atoms with Crippen molar-refractivity contribution < 1.29 is 28.6 Å². The van der Waals surface area contributed by atoms with Crippen LogP contribution in [0.1, 0.15) is 22.8 Å². The molecule has 0 radical (unpaired) electrons. The van der Waals surface area contributed by atoms with E-state index in [1.807, 2.05) is 12.1 Å². The average Bonchev–Trinajstić information content (AvgIpc) is 2.72. The van der Waals surface area contributed by atoms with E-state index in [2.05, 4.69) is 15.4 Å². The number of hydrogen-bond acceptors (Lipinski definition) is 6. The minimum atomic E-state index is -0.796. The topological polar surface area (TPSA) is 103 Å². The van der Waals surface area contributed by atoms with Crippen molar-refractivity contribution in [3.8, 4) is 11.5 Å². The molecule has 0 heterocycles. The summed E-state index contributed by atoms with van der Waals surface area (Å²) < 4.78 is 14.7. The van der Waals surface area contributed by atoms with Crippen LogP contribution in [0.5, 0.6) is 11.5 Å². The van der Waals surface area contributed by atoms with Gasteiger partial charge >= 0.3 is 6.16 Å². The van der Waals surface area contributed by atoms with E-state index in [9.17, 15) is 14.4 Å². The van der Waals surface area contributed by atoms with Crippen molar-refractivity contribution in [2.24, 2.45) is 0 Å². The normalized spacial score (nSPS) is 10.0. The lowest BCUT2D eigenvalue weighted by atomic mass is 10.1. The zero-order chi connectivity index (χ0) is 21.1. The maximum atomic E-state index is 12.1. The van der Waals surface area contributed by atoms with Gasteiger partial charge in [0, 0.05) is 18.7 Å². The molecule has 0 fully saturated rings. The fraction of sp³-hybridized carbons (Fsp3) is 0.286. The monoisotopic (exact) mass is 400 g/mol. The Kier molecular flexibility index (Phi) is 8.50. The summed E-state index contributed by atoms with van der Waals surface area (Å²) in [6.07, 6.45) is -0.546. The molecule has 8 nitrogen and oxygen atoms in total. The number of hydrogen-bond donors (Lipinski definition) is 2. The van der Waals surface area contributed by atoms with E-state index in [1.165, 1.54) is 24.3 Å². The number of ether oxygens (including phenoxy) is 3. The Bertz CT molecular complexity index is 818. The van der Waals surface area contributed by atoms with Gasteiger partial charge in [-0.3, -0.25) is 9.59 Å². The quantitative estimate of drug-likeness (QED) is 0.380. The molecular formula is C21H24N2O6. The molecule has 8 heteroatoms. The third-order valence-corrected chi connectivity index (χ3v) is 3.84. The highest BCUT2D eigenvalue weighted by atomic mass is 16.7. The summed E-state index contributed by atoms with van der Waals surface area (Å²) in [4.78, 5) is 35.3. The average molecular weight is 400 g/mol. The van der Waals surface area contributed by atoms with Crippen LogP contribution < -0.4 is 20.1 Å². The summed E-state index contributed by atoms with van der Waals surface area (Å²) in [5, 5.41) is 5.46. The number of amides is 2. The minimum Gasteiger partial charge on any atom is -0.497 e. The van der Waals surface area contributed by atoms with Gasteiger partial charge in [-0.2, -0.15) is 0 Å². The lowest BCUT2D eigenvalue weighted by molar-refractivity contribution is -0.120. The summed E-state index contributed by atoms with van der Waals surface area (Å²) in [6, 6.07) is 13.3. The van der Waals surface area contributed by atoms with E-state index in [-0.39, 0.29) is 37.1 Å². The number of benzene rings is 2. The molecule has 2 amide bonds. The second-order valence-corrected chi connectivity index (χ2v) is 5.94. The summed E-state index contributed by atoms with van der Waals surface area (Å²) in [5.41, 5.74) is 1.28. The predicted octanol–water partition coefficient (Wildman–Crippen LogP) is 2.32. The molecule has 0 saturated carbocycles. The molecule has 2 rings (SSSR count). The van der Waals surface area contributed by atoms with Crippen LogP contribution >= 0.6 is 0 Å². The molecule has 0 saturated heterocycles. The number of carbonyl (C=O) groups is 3. The first kappa shape index (κ1) is 21.7. The molecule has 0 atom stereocenters. The fourth-order valence-electron chi connectivity index (χ4n) is 2.39. The van der Waals surface area contributed by atoms with E-state index in [4.69, 9.17) is 9.47 Å². The van der Waals surface area contributed by atoms with Crippen LogP contribution in [-0.4, -0.2) is 44.8 Å². The van der Waals surface area contributed by atoms with Crippen LogP contribution in [0.15, 0.2) is 48.5 Å². The molecule has 0 aromatic heterocycles. The van der Waals surface area contributed by atoms with E-state index in [1.54, 1.807) is 26.2 Å². The van der Waals surface area contributed by atoms with Gasteiger partial charge in [0.2, 0.25) is 5.91 Å². The Morgan fingerprint density at radius 2 is 1.48 bits per heavy atom. The van der Waals surface area contributed by atoms with Crippen molar-refractivity contribution in [3.05, 3.63) is 59.7 Å². The highest BCUT2D eigenvalue weighted by molar-refractivity contribution is 5.94. The molecule has 0 spiro atoms. The Morgan fingerprint density at radius 3 is 2.10 bits per heavy atom. The van der Waals surface area contributed by atoms with Crippen LogP contribution in [0, 0.1) is 0 Å². The molecule has 2 N–H and O–H groups in total. The number of carbonyl (C=O) groups excluding carboxylic acids is 3. The second-order valence-electron chi connectivity index (χ2n) is 5.94. The van der Waals surface area contributed by atoms with Crippen LogP contribution in [0.25, 0.3) is 0 Å². The first-order valence-corrected chi connectivity index (χ1v) is 9.14. The standard InChI is InChI=1S/C21H24N2O6/c1-3-28-21(26)29-18-10-6-16(7-11-18)20(25)23-13-12-22-19(24)14-15-4-8-17(27-2)9-5-15/h4-11H,3,12-14H2,1-2H3,(H,22,24)(H,23,25). The molecule has 0 bridgehead atoms. The van der Waals surface area contributed by atoms with E-state index in [0.29, 0.717) is 12.1 Å². The number of methoxy groups -OCH3 is 1. The third kappa shape index (κ3) is 7.53. The first-order valence-electron chi connectivity index (χ1n) is 9.14. The van der Waals surface area contributed by atoms with Gasteiger partial charge in [0.1, 0.15) is 11.5 Å². The van der Waals surface area contributed by atoms with Gasteiger partial charge in [0.05, 0.1) is 20.1 Å². The van der Waals surface area contributed by atoms with Crippen LogP contribution in [0.2, 0.25) is 0 Å². The summed E-state index contributed by atoms with van der Waals surface area (Å²) >= 11 is 0. The molecule has 154 valence electrons. The van der Waals surface area contributed by atoms with Crippen molar-refractivity contribution in [1.29, 1.82) is 0 Å². The molecule has 29 heavy (non-hydrogen) atoms. The highest BCUT2D eigenvalue weighted by Gasteiger charge is 2.09. The van der Waals surface area contributed by atoms with Crippen molar-refractivity contribution in [3.63, 3.8) is 0 Å². The Hall–Kier alpha value is -3.55. The fourth-order valence-corrected chi connectivity index (χ4v) is 2.39. The number of nitrogens with one attached hydrogen (secondary N) is 2. The predicted molar refractivity (Wildman–Crippen MR) is 106 cm³/mol. The summed E-state index contributed by atoms with van der Waals surface area (Å²) in [7, 11) is 1.58. The maximum Gasteiger partial charge on any atom is 0.513 e. The van der Waals surface area contributed by atoms with E-state index in [0.717, 1.165) is 11.3 Å². The number of rotatable bonds is 9. The first-order chi connectivity index (χ1) is 14.0. The molecule has 2 aromatic carbocycles. The zero-order valence-corrected chi connectivity index (χ0v) is 16.4. The van der Waals surface area contributed by atoms with Gasteiger partial charge in [-0.05, 0) is 48.9 Å². The van der Waals surface area contributed by atoms with Crippen LogP contribution in [-0.2, 0) is 16.0 Å². The molecule has 0 aliphatic carbocycles. The molecule has 0 unspecified atom stereocenters. The van der Waals surface area contributed by atoms with Gasteiger partial charge in [0.15, 0.2) is 0 Å². The molecule has 2 aromatic rings. The molecule has 0 aliphatic heterocycles. The largest absolute Gasteiger partial charge is 0.513 e. The van der Waals surface area contributed by atoms with E-state index >= 15 is 0 Å². The van der Waals surface area contributed by atoms with Gasteiger partial charge in [0.25, 0.3) is 5.91 Å². The lowest BCUT2D eigenvalue weighted by Crippen LogP contribution is -2.35. The van der Waals surface area contributed by atoms with E-state index < -0.39 is 6.16 Å². The maximum absolute atomic E-state index is 12.1. The smallest absolute Gasteiger partial charge is 0.497 e. The summed E-state index contributed by atoms with van der Waals surface area (Å²) in [6.45, 7) is 2.49. The van der Waals surface area contributed by atoms with Crippen molar-refractivity contribution in [1.82, 2.24) is 10.6 Å². The van der Waals surface area contributed by atoms with Crippen LogP contribution in [0.4, 0.5) is 4.79 Å². The Balaban J connectivity index is 1.69. The SMILES string of the molecule is CCOC(=O)Oc1ccc(C(=O)NCCNC(=O)Cc2ccc(OC)cc2)cc1. The summed E-state index contributed by atoms with van der Waals surface area (Å²) in [5.74, 6) is 0.588. The van der Waals surface area contributed by atoms with Gasteiger partial charge in [-0.1, -0.05) is 12.1 Å². The van der Waals surface area contributed by atoms with Gasteiger partial charge < -0.3 is 24.8 Å². The van der Waals surface area contributed by atoms with Crippen LogP contribution in [0.3, 0.4) is 0 Å². The third-order valence-electron chi connectivity index (χ3n) is 3.84. The molecular weight excluding hydrogens is 376 g/mol. The minimum absolute atomic E-state index is 0.134. The Morgan fingerprint density at radius 1 is 0.862 bits per heavy atom. The zero-order valence-electron chi connectivity index (χ0n) is 16.4. The lowest BCUT2D eigenvalue weighted by Gasteiger charge is -2.08. The second kappa shape index (κ2) is 11.3. The van der Waals surface area contributed by atoms with Gasteiger partial charge in [-0.25, -0.2) is 4.79 Å². The Labute approximate surface area is 169 Å².